The van der Waals surface area contributed by atoms with Gasteiger partial charge in [0, 0.05) is 31.7 Å². The van der Waals surface area contributed by atoms with Crippen LogP contribution in [0.5, 0.6) is 0 Å². The van der Waals surface area contributed by atoms with E-state index in [-0.39, 0.29) is 0 Å². The largest absolute Gasteiger partial charge is 0.298 e. The van der Waals surface area contributed by atoms with Gasteiger partial charge in [0.2, 0.25) is 0 Å². The maximum atomic E-state index is 5.73. The molecule has 1 saturated heterocycles. The third-order valence-electron chi connectivity index (χ3n) is 3.49. The van der Waals surface area contributed by atoms with Gasteiger partial charge in [0.1, 0.15) is 5.15 Å². The summed E-state index contributed by atoms with van der Waals surface area (Å²) in [5, 5.41) is 0.453. The van der Waals surface area contributed by atoms with Gasteiger partial charge in [0.15, 0.2) is 0 Å². The van der Waals surface area contributed by atoms with Crippen LogP contribution in [-0.2, 0) is 6.54 Å². The highest BCUT2D eigenvalue weighted by molar-refractivity contribution is 6.29. The molecule has 0 N–H and O–H groups in total. The normalized spacial score (nSPS) is 27.3. The van der Waals surface area contributed by atoms with E-state index >= 15 is 0 Å². The van der Waals surface area contributed by atoms with E-state index in [9.17, 15) is 0 Å². The maximum Gasteiger partial charge on any atom is 0.147 e. The number of piperazine rings is 1. The van der Waals surface area contributed by atoms with E-state index in [0.29, 0.717) is 17.2 Å². The summed E-state index contributed by atoms with van der Waals surface area (Å²) in [5.41, 5.74) is 0.985. The number of rotatable bonds is 2. The maximum absolute atomic E-state index is 5.73. The first kappa shape index (κ1) is 12.7. The predicted octanol–water partition coefficient (Wildman–Crippen LogP) is 1.65. The van der Waals surface area contributed by atoms with Gasteiger partial charge in [-0.25, -0.2) is 4.98 Å². The van der Waals surface area contributed by atoms with Crippen molar-refractivity contribution in [1.82, 2.24) is 19.8 Å². The van der Waals surface area contributed by atoms with Crippen LogP contribution < -0.4 is 0 Å². The molecule has 0 radical (unpaired) electrons. The molecule has 0 amide bonds. The molecule has 17 heavy (non-hydrogen) atoms. The molecule has 1 aromatic rings. The summed E-state index contributed by atoms with van der Waals surface area (Å²) in [4.78, 5) is 13.2. The monoisotopic (exact) mass is 254 g/mol. The van der Waals surface area contributed by atoms with Gasteiger partial charge in [0.25, 0.3) is 0 Å². The standard InChI is InChI=1S/C12H19ClN4/c1-9-6-17(7-10(2)16(9)3)8-11-4-15-12(13)5-14-11/h4-5,9-10H,6-8H2,1-3H3. The number of nitrogens with zero attached hydrogens (tertiary/aromatic N) is 4. The number of likely N-dealkylation sites (N-methyl/N-ethyl adjacent to an activating group) is 1. The van der Waals surface area contributed by atoms with E-state index in [0.717, 1.165) is 25.3 Å². The lowest BCUT2D eigenvalue weighted by atomic mass is 10.1. The fourth-order valence-corrected chi connectivity index (χ4v) is 2.39. The highest BCUT2D eigenvalue weighted by atomic mass is 35.5. The molecule has 94 valence electrons. The Morgan fingerprint density at radius 2 is 1.88 bits per heavy atom. The van der Waals surface area contributed by atoms with Crippen LogP contribution in [0.25, 0.3) is 0 Å². The van der Waals surface area contributed by atoms with Gasteiger partial charge in [-0.05, 0) is 20.9 Å². The lowest BCUT2D eigenvalue weighted by Crippen LogP contribution is -2.54. The van der Waals surface area contributed by atoms with E-state index in [4.69, 9.17) is 11.6 Å². The fraction of sp³-hybridized carbons (Fsp3) is 0.667. The number of aromatic nitrogens is 2. The van der Waals surface area contributed by atoms with E-state index < -0.39 is 0 Å². The van der Waals surface area contributed by atoms with Crippen LogP contribution in [0.3, 0.4) is 0 Å². The van der Waals surface area contributed by atoms with Gasteiger partial charge in [-0.2, -0.15) is 0 Å². The topological polar surface area (TPSA) is 32.3 Å². The van der Waals surface area contributed by atoms with Crippen LogP contribution in [0.2, 0.25) is 5.15 Å². The van der Waals surface area contributed by atoms with Crippen LogP contribution in [-0.4, -0.2) is 52.0 Å². The smallest absolute Gasteiger partial charge is 0.147 e. The molecule has 5 heteroatoms. The predicted molar refractivity (Wildman–Crippen MR) is 69.0 cm³/mol. The number of hydrogen-bond acceptors (Lipinski definition) is 4. The van der Waals surface area contributed by atoms with Crippen molar-refractivity contribution in [1.29, 1.82) is 0 Å². The van der Waals surface area contributed by atoms with Crippen LogP contribution in [0.4, 0.5) is 0 Å². The molecule has 0 aliphatic carbocycles. The zero-order chi connectivity index (χ0) is 12.4. The summed E-state index contributed by atoms with van der Waals surface area (Å²) in [6.07, 6.45) is 3.37. The molecule has 2 atom stereocenters. The minimum Gasteiger partial charge on any atom is -0.298 e. The quantitative estimate of drug-likeness (QED) is 0.804. The molecule has 1 fully saturated rings. The van der Waals surface area contributed by atoms with Gasteiger partial charge in [-0.3, -0.25) is 14.8 Å². The van der Waals surface area contributed by atoms with E-state index in [2.05, 4.69) is 40.7 Å². The van der Waals surface area contributed by atoms with E-state index in [1.54, 1.807) is 12.4 Å². The van der Waals surface area contributed by atoms with Gasteiger partial charge in [-0.1, -0.05) is 11.6 Å². The first-order valence-corrected chi connectivity index (χ1v) is 6.34. The van der Waals surface area contributed by atoms with Gasteiger partial charge in [0.05, 0.1) is 18.1 Å². The number of hydrogen-bond donors (Lipinski definition) is 0. The summed E-state index contributed by atoms with van der Waals surface area (Å²) < 4.78 is 0. The van der Waals surface area contributed by atoms with Gasteiger partial charge >= 0.3 is 0 Å². The van der Waals surface area contributed by atoms with E-state index in [1.807, 2.05) is 0 Å². The van der Waals surface area contributed by atoms with Gasteiger partial charge < -0.3 is 0 Å². The first-order chi connectivity index (χ1) is 8.06. The summed E-state index contributed by atoms with van der Waals surface area (Å²) >= 11 is 5.73. The zero-order valence-electron chi connectivity index (χ0n) is 10.6. The molecule has 0 spiro atoms. The zero-order valence-corrected chi connectivity index (χ0v) is 11.4. The molecule has 0 bridgehead atoms. The Morgan fingerprint density at radius 1 is 1.24 bits per heavy atom. The highest BCUT2D eigenvalue weighted by Crippen LogP contribution is 2.15. The molecule has 1 aromatic heterocycles. The molecule has 2 heterocycles. The molecule has 4 nitrogen and oxygen atoms in total. The molecular formula is C12H19ClN4. The van der Waals surface area contributed by atoms with Crippen molar-refractivity contribution in [2.24, 2.45) is 0 Å². The Balaban J connectivity index is 1.98. The Labute approximate surface area is 108 Å². The molecule has 2 unspecified atom stereocenters. The average molecular weight is 255 g/mol. The van der Waals surface area contributed by atoms with Crippen molar-refractivity contribution in [3.63, 3.8) is 0 Å². The average Bonchev–Trinajstić information content (AvgIpc) is 2.29. The summed E-state index contributed by atoms with van der Waals surface area (Å²) in [5.74, 6) is 0. The van der Waals surface area contributed by atoms with Gasteiger partial charge in [-0.15, -0.1) is 0 Å². The Morgan fingerprint density at radius 3 is 2.41 bits per heavy atom. The number of halogens is 1. The summed E-state index contributed by atoms with van der Waals surface area (Å²) in [7, 11) is 2.19. The minimum atomic E-state index is 0.453. The first-order valence-electron chi connectivity index (χ1n) is 5.97. The lowest BCUT2D eigenvalue weighted by molar-refractivity contribution is 0.0548. The van der Waals surface area contributed by atoms with Crippen LogP contribution >= 0.6 is 11.6 Å². The van der Waals surface area contributed by atoms with Crippen molar-refractivity contribution in [3.8, 4) is 0 Å². The Hall–Kier alpha value is -0.710. The lowest BCUT2D eigenvalue weighted by Gasteiger charge is -2.42. The van der Waals surface area contributed by atoms with Crippen molar-refractivity contribution < 1.29 is 0 Å². The second kappa shape index (κ2) is 5.29. The second-order valence-electron chi connectivity index (χ2n) is 4.89. The third-order valence-corrected chi connectivity index (χ3v) is 3.69. The second-order valence-corrected chi connectivity index (χ2v) is 5.28. The van der Waals surface area contributed by atoms with Crippen LogP contribution in [0.1, 0.15) is 19.5 Å². The van der Waals surface area contributed by atoms with Crippen molar-refractivity contribution >= 4 is 11.6 Å². The highest BCUT2D eigenvalue weighted by Gasteiger charge is 2.26. The Kier molecular flexibility index (Phi) is 3.97. The van der Waals surface area contributed by atoms with Crippen molar-refractivity contribution in [2.75, 3.05) is 20.1 Å². The molecule has 1 aliphatic rings. The van der Waals surface area contributed by atoms with Crippen LogP contribution in [0.15, 0.2) is 12.4 Å². The molecule has 1 aliphatic heterocycles. The van der Waals surface area contributed by atoms with Crippen molar-refractivity contribution in [3.05, 3.63) is 23.2 Å². The molecular weight excluding hydrogens is 236 g/mol. The summed E-state index contributed by atoms with van der Waals surface area (Å²) in [6, 6.07) is 1.16. The van der Waals surface area contributed by atoms with Crippen molar-refractivity contribution in [2.45, 2.75) is 32.5 Å². The Bertz CT molecular complexity index is 355. The van der Waals surface area contributed by atoms with E-state index in [1.165, 1.54) is 0 Å². The minimum absolute atomic E-state index is 0.453. The SMILES string of the molecule is CC1CN(Cc2cnc(Cl)cn2)CC(C)N1C. The van der Waals surface area contributed by atoms with Crippen LogP contribution in [0, 0.1) is 0 Å². The summed E-state index contributed by atoms with van der Waals surface area (Å²) in [6.45, 7) is 7.52. The fourth-order valence-electron chi connectivity index (χ4n) is 2.29. The molecule has 0 saturated carbocycles. The molecule has 0 aromatic carbocycles. The molecule has 2 rings (SSSR count). The third kappa shape index (κ3) is 3.15.